The minimum atomic E-state index is -1.12. The van der Waals surface area contributed by atoms with Crippen LogP contribution in [0.5, 0.6) is 0 Å². The van der Waals surface area contributed by atoms with Gasteiger partial charge in [0, 0.05) is 18.2 Å². The molecule has 3 aromatic heterocycles. The molecule has 4 atom stereocenters. The van der Waals surface area contributed by atoms with Crippen molar-refractivity contribution in [2.24, 2.45) is 5.92 Å². The molecule has 5 rings (SSSR count). The predicted molar refractivity (Wildman–Crippen MR) is 133 cm³/mol. The van der Waals surface area contributed by atoms with Gasteiger partial charge in [-0.3, -0.25) is 4.98 Å². The molecule has 3 heterocycles. The molecule has 5 N–H and O–H groups in total. The Bertz CT molecular complexity index is 1210. The lowest BCUT2D eigenvalue weighted by molar-refractivity contribution is -0.0601. The van der Waals surface area contributed by atoms with E-state index in [9.17, 15) is 15.3 Å². The van der Waals surface area contributed by atoms with Crippen LogP contribution in [0, 0.1) is 19.8 Å². The van der Waals surface area contributed by atoms with Crippen molar-refractivity contribution in [2.75, 3.05) is 10.6 Å². The van der Waals surface area contributed by atoms with Crippen LogP contribution in [-0.2, 0) is 0 Å². The number of hydrogen-bond donors (Lipinski definition) is 5. The molecule has 2 saturated carbocycles. The van der Waals surface area contributed by atoms with Crippen molar-refractivity contribution in [1.29, 1.82) is 0 Å². The van der Waals surface area contributed by atoms with Crippen molar-refractivity contribution in [1.82, 2.24) is 19.9 Å². The predicted octanol–water partition coefficient (Wildman–Crippen LogP) is 3.02. The highest BCUT2D eigenvalue weighted by molar-refractivity contribution is 7.21. The second-order valence-corrected chi connectivity index (χ2v) is 11.1. The van der Waals surface area contributed by atoms with E-state index in [4.69, 9.17) is 15.0 Å². The normalized spacial score (nSPS) is 25.5. The zero-order chi connectivity index (χ0) is 24.2. The van der Waals surface area contributed by atoms with Gasteiger partial charge in [-0.1, -0.05) is 0 Å². The number of aryl methyl sites for hydroxylation is 2. The van der Waals surface area contributed by atoms with Crippen molar-refractivity contribution >= 4 is 33.3 Å². The Morgan fingerprint density at radius 1 is 1.03 bits per heavy atom. The van der Waals surface area contributed by atoms with Crippen molar-refractivity contribution < 1.29 is 15.3 Å². The van der Waals surface area contributed by atoms with Gasteiger partial charge < -0.3 is 26.0 Å². The minimum absolute atomic E-state index is 0.368. The fraction of sp³-hybridized carbons (Fsp3) is 0.583. The summed E-state index contributed by atoms with van der Waals surface area (Å²) < 4.78 is 1.03. The van der Waals surface area contributed by atoms with E-state index in [1.54, 1.807) is 31.4 Å². The van der Waals surface area contributed by atoms with Crippen LogP contribution >= 0.6 is 11.3 Å². The van der Waals surface area contributed by atoms with Gasteiger partial charge in [0.2, 0.25) is 5.95 Å². The van der Waals surface area contributed by atoms with Gasteiger partial charge >= 0.3 is 0 Å². The monoisotopic (exact) mass is 484 g/mol. The molecule has 0 saturated heterocycles. The maximum atomic E-state index is 10.8. The summed E-state index contributed by atoms with van der Waals surface area (Å²) in [4.78, 5) is 18.7. The first kappa shape index (κ1) is 23.3. The third-order valence-electron chi connectivity index (χ3n) is 7.14. The number of rotatable bonds is 6. The summed E-state index contributed by atoms with van der Waals surface area (Å²) in [5.41, 5.74) is 2.14. The minimum Gasteiger partial charge on any atom is -0.390 e. The van der Waals surface area contributed by atoms with E-state index >= 15 is 0 Å². The number of thiazole rings is 1. The fourth-order valence-corrected chi connectivity index (χ4v) is 5.99. The van der Waals surface area contributed by atoms with E-state index in [0.29, 0.717) is 24.2 Å². The molecule has 10 heteroatoms. The Hall–Kier alpha value is -2.40. The van der Waals surface area contributed by atoms with Gasteiger partial charge in [-0.05, 0) is 59.4 Å². The first-order valence-corrected chi connectivity index (χ1v) is 12.7. The van der Waals surface area contributed by atoms with E-state index in [2.05, 4.69) is 15.6 Å². The third kappa shape index (κ3) is 4.24. The Morgan fingerprint density at radius 2 is 1.79 bits per heavy atom. The lowest BCUT2D eigenvalue weighted by Crippen LogP contribution is -2.40. The molecule has 0 spiro atoms. The molecule has 0 aliphatic heterocycles. The number of anilines is 2. The fourth-order valence-electron chi connectivity index (χ4n) is 4.88. The molecule has 0 radical (unpaired) electrons. The highest BCUT2D eigenvalue weighted by Gasteiger charge is 2.48. The van der Waals surface area contributed by atoms with E-state index < -0.39 is 29.8 Å². The molecule has 0 aromatic carbocycles. The number of nitrogens with zero attached hydrogens (tertiary/aromatic N) is 4. The van der Waals surface area contributed by atoms with Crippen LogP contribution in [0.3, 0.4) is 0 Å². The number of fused-ring (bicyclic) bond motifs is 1. The van der Waals surface area contributed by atoms with Gasteiger partial charge in [0.25, 0.3) is 0 Å². The summed E-state index contributed by atoms with van der Waals surface area (Å²) >= 11 is 1.55. The number of hydrogen-bond acceptors (Lipinski definition) is 10. The molecular weight excluding hydrogens is 452 g/mol. The number of pyridine rings is 1. The average Bonchev–Trinajstić information content (AvgIpc) is 3.28. The van der Waals surface area contributed by atoms with Gasteiger partial charge in [-0.2, -0.15) is 4.98 Å². The first-order valence-electron chi connectivity index (χ1n) is 11.8. The molecule has 34 heavy (non-hydrogen) atoms. The smallest absolute Gasteiger partial charge is 0.225 e. The van der Waals surface area contributed by atoms with Crippen LogP contribution in [0.15, 0.2) is 12.3 Å². The average molecular weight is 485 g/mol. The summed E-state index contributed by atoms with van der Waals surface area (Å²) in [6.07, 6.45) is 3.50. The Labute approximate surface area is 202 Å². The summed E-state index contributed by atoms with van der Waals surface area (Å²) in [7, 11) is 0. The summed E-state index contributed by atoms with van der Waals surface area (Å²) in [5, 5.41) is 39.5. The van der Waals surface area contributed by atoms with Crippen molar-refractivity contribution in [3.05, 3.63) is 23.7 Å². The largest absolute Gasteiger partial charge is 0.390 e. The lowest BCUT2D eigenvalue weighted by atomic mass is 9.88. The summed E-state index contributed by atoms with van der Waals surface area (Å²) in [6, 6.07) is 1.84. The van der Waals surface area contributed by atoms with Crippen LogP contribution in [0.25, 0.3) is 20.8 Å². The van der Waals surface area contributed by atoms with Crippen LogP contribution in [-0.4, -0.2) is 65.1 Å². The van der Waals surface area contributed by atoms with Gasteiger partial charge in [0.1, 0.15) is 22.4 Å². The van der Waals surface area contributed by atoms with E-state index in [0.717, 1.165) is 45.0 Å². The van der Waals surface area contributed by atoms with Crippen molar-refractivity contribution in [3.8, 4) is 10.6 Å². The molecule has 0 unspecified atom stereocenters. The van der Waals surface area contributed by atoms with Gasteiger partial charge in [0.05, 0.1) is 39.4 Å². The quantitative estimate of drug-likeness (QED) is 0.357. The first-order chi connectivity index (χ1) is 16.1. The Morgan fingerprint density at radius 3 is 2.41 bits per heavy atom. The SMILES string of the molecule is Cc1nc(NC2CCC2)nc(N[C@@H]2C[C@H](C(C)(C)O)[C@@H](O)[C@H]2O)c1-c1nc2c(C)nccc2s1. The summed E-state index contributed by atoms with van der Waals surface area (Å²) in [5.74, 6) is 0.640. The van der Waals surface area contributed by atoms with Crippen LogP contribution in [0.4, 0.5) is 11.8 Å². The zero-order valence-corrected chi connectivity index (χ0v) is 20.7. The van der Waals surface area contributed by atoms with Crippen molar-refractivity contribution in [2.45, 2.75) is 83.3 Å². The molecule has 2 aliphatic rings. The maximum Gasteiger partial charge on any atom is 0.225 e. The van der Waals surface area contributed by atoms with Crippen LogP contribution in [0.1, 0.15) is 50.9 Å². The van der Waals surface area contributed by atoms with E-state index in [-0.39, 0.29) is 0 Å². The highest BCUT2D eigenvalue weighted by Crippen LogP contribution is 2.40. The molecule has 2 fully saturated rings. The van der Waals surface area contributed by atoms with E-state index in [1.807, 2.05) is 19.9 Å². The molecular formula is C24H32N6O3S. The Kier molecular flexibility index (Phi) is 5.96. The number of aliphatic hydroxyl groups excluding tert-OH is 2. The van der Waals surface area contributed by atoms with Crippen molar-refractivity contribution in [3.63, 3.8) is 0 Å². The molecule has 0 bridgehead atoms. The van der Waals surface area contributed by atoms with Crippen LogP contribution < -0.4 is 10.6 Å². The van der Waals surface area contributed by atoms with Gasteiger partial charge in [-0.15, -0.1) is 11.3 Å². The molecule has 2 aliphatic carbocycles. The maximum absolute atomic E-state index is 10.8. The molecule has 9 nitrogen and oxygen atoms in total. The van der Waals surface area contributed by atoms with E-state index in [1.165, 1.54) is 6.42 Å². The Balaban J connectivity index is 1.55. The number of nitrogens with one attached hydrogen (secondary N) is 2. The zero-order valence-electron chi connectivity index (χ0n) is 19.9. The van der Waals surface area contributed by atoms with Crippen LogP contribution in [0.2, 0.25) is 0 Å². The lowest BCUT2D eigenvalue weighted by Gasteiger charge is -2.28. The third-order valence-corrected chi connectivity index (χ3v) is 8.18. The summed E-state index contributed by atoms with van der Waals surface area (Å²) in [6.45, 7) is 7.20. The molecule has 3 aromatic rings. The number of aromatic nitrogens is 4. The molecule has 0 amide bonds. The second kappa shape index (κ2) is 8.67. The van der Waals surface area contributed by atoms with Gasteiger partial charge in [0.15, 0.2) is 0 Å². The standard InChI is InChI=1S/C24H32N6O3S/c1-11-17(22-29-18-12(2)25-9-8-16(18)34-22)21(30-23(26-11)27-13-6-5-7-13)28-15-10-14(24(3,4)33)19(31)20(15)32/h8-9,13-15,19-20,31-33H,5-7,10H2,1-4H3,(H2,26,27,28,30)/t14-,15+,19+,20-/m0/s1. The topological polar surface area (TPSA) is 136 Å². The number of aliphatic hydroxyl groups is 3. The van der Waals surface area contributed by atoms with Gasteiger partial charge in [-0.25, -0.2) is 9.97 Å². The second-order valence-electron chi connectivity index (χ2n) is 10.1. The highest BCUT2D eigenvalue weighted by atomic mass is 32.1. The molecule has 182 valence electrons.